The molecule has 10 rings (SSSR count). The van der Waals surface area contributed by atoms with Gasteiger partial charge in [-0.3, -0.25) is 4.57 Å². The minimum atomic E-state index is 0.545. The number of fused-ring (bicyclic) bond motifs is 3. The van der Waals surface area contributed by atoms with Gasteiger partial charge < -0.3 is 0 Å². The summed E-state index contributed by atoms with van der Waals surface area (Å²) in [7, 11) is 0. The van der Waals surface area contributed by atoms with Gasteiger partial charge in [0.05, 0.1) is 22.4 Å². The van der Waals surface area contributed by atoms with Gasteiger partial charge in [0.2, 0.25) is 5.95 Å². The normalized spacial score (nSPS) is 11.3. The molecular weight excluding hydrogens is 671 g/mol. The first-order valence-corrected chi connectivity index (χ1v) is 18.4. The molecule has 7 aromatic carbocycles. The molecule has 0 N–H and O–H groups in total. The molecule has 3 heterocycles. The molecule has 5 heteroatoms. The molecular formula is C50H33N5. The van der Waals surface area contributed by atoms with Gasteiger partial charge in [-0.05, 0) is 64.7 Å². The van der Waals surface area contributed by atoms with Crippen LogP contribution in [0.1, 0.15) is 0 Å². The van der Waals surface area contributed by atoms with Crippen LogP contribution < -0.4 is 0 Å². The lowest BCUT2D eigenvalue weighted by molar-refractivity contribution is 0.953. The molecule has 55 heavy (non-hydrogen) atoms. The fraction of sp³-hybridized carbons (Fsp3) is 0. The van der Waals surface area contributed by atoms with Crippen LogP contribution in [-0.2, 0) is 0 Å². The van der Waals surface area contributed by atoms with Crippen molar-refractivity contribution in [3.8, 4) is 73.5 Å². The van der Waals surface area contributed by atoms with Gasteiger partial charge in [-0.2, -0.15) is 9.97 Å². The van der Waals surface area contributed by atoms with Crippen molar-refractivity contribution in [3.05, 3.63) is 200 Å². The minimum absolute atomic E-state index is 0.545. The van der Waals surface area contributed by atoms with Crippen LogP contribution >= 0.6 is 0 Å². The van der Waals surface area contributed by atoms with Gasteiger partial charge in [-0.15, -0.1) is 0 Å². The maximum absolute atomic E-state index is 5.33. The fourth-order valence-electron chi connectivity index (χ4n) is 7.39. The van der Waals surface area contributed by atoms with E-state index in [1.54, 1.807) is 0 Å². The number of aromatic nitrogens is 5. The number of benzene rings is 7. The van der Waals surface area contributed by atoms with Crippen molar-refractivity contribution >= 4 is 21.8 Å². The van der Waals surface area contributed by atoms with Crippen molar-refractivity contribution in [1.82, 2.24) is 24.5 Å². The molecule has 0 aliphatic rings. The highest BCUT2D eigenvalue weighted by Crippen LogP contribution is 2.36. The van der Waals surface area contributed by atoms with Crippen LogP contribution in [0.25, 0.3) is 95.3 Å². The maximum Gasteiger partial charge on any atom is 0.238 e. The molecule has 0 unspecified atom stereocenters. The molecule has 5 nitrogen and oxygen atoms in total. The molecule has 0 aliphatic heterocycles. The van der Waals surface area contributed by atoms with E-state index < -0.39 is 0 Å². The van der Waals surface area contributed by atoms with Crippen molar-refractivity contribution in [3.63, 3.8) is 0 Å². The lowest BCUT2D eigenvalue weighted by Gasteiger charge is -2.14. The SMILES string of the molecule is c1ccc(-c2cc(-c3ccccc3)cc(-c3nc(-c4cc(-c5ccccc5)nc(-c5ccccc5)c4)nc(-n4c5ccccc5c5ccccc54)n3)c2)cc1. The van der Waals surface area contributed by atoms with Crippen molar-refractivity contribution < 1.29 is 0 Å². The molecule has 3 aromatic heterocycles. The van der Waals surface area contributed by atoms with Crippen molar-refractivity contribution in [2.45, 2.75) is 0 Å². The van der Waals surface area contributed by atoms with Crippen LogP contribution in [0.5, 0.6) is 0 Å². The highest BCUT2D eigenvalue weighted by molar-refractivity contribution is 6.09. The summed E-state index contributed by atoms with van der Waals surface area (Å²) in [5, 5.41) is 2.28. The Bertz CT molecular complexity index is 2640. The number of pyridine rings is 1. The zero-order valence-corrected chi connectivity index (χ0v) is 29.8. The predicted octanol–water partition coefficient (Wildman–Crippen LogP) is 12.4. The smallest absolute Gasteiger partial charge is 0.238 e. The predicted molar refractivity (Wildman–Crippen MR) is 225 cm³/mol. The Hall–Kier alpha value is -7.50. The molecule has 0 spiro atoms. The van der Waals surface area contributed by atoms with E-state index in [0.29, 0.717) is 17.6 Å². The summed E-state index contributed by atoms with van der Waals surface area (Å²) in [6.45, 7) is 0. The third kappa shape index (κ3) is 6.14. The third-order valence-electron chi connectivity index (χ3n) is 10.0. The van der Waals surface area contributed by atoms with Crippen LogP contribution in [0.2, 0.25) is 0 Å². The van der Waals surface area contributed by atoms with Crippen LogP contribution in [0.15, 0.2) is 200 Å². The highest BCUT2D eigenvalue weighted by Gasteiger charge is 2.20. The number of hydrogen-bond acceptors (Lipinski definition) is 4. The van der Waals surface area contributed by atoms with Crippen LogP contribution in [0.4, 0.5) is 0 Å². The molecule has 10 aromatic rings. The van der Waals surface area contributed by atoms with Crippen molar-refractivity contribution in [2.75, 3.05) is 0 Å². The van der Waals surface area contributed by atoms with Gasteiger partial charge in [-0.25, -0.2) is 9.97 Å². The van der Waals surface area contributed by atoms with E-state index in [2.05, 4.69) is 156 Å². The molecule has 0 saturated heterocycles. The molecule has 0 amide bonds. The summed E-state index contributed by atoms with van der Waals surface area (Å²) in [6.07, 6.45) is 0. The van der Waals surface area contributed by atoms with Gasteiger partial charge in [0, 0.05) is 33.0 Å². The number of hydrogen-bond donors (Lipinski definition) is 0. The first-order chi connectivity index (χ1) is 27.2. The van der Waals surface area contributed by atoms with Gasteiger partial charge in [0.15, 0.2) is 11.6 Å². The van der Waals surface area contributed by atoms with E-state index in [1.165, 1.54) is 0 Å². The summed E-state index contributed by atoms with van der Waals surface area (Å²) >= 11 is 0. The lowest BCUT2D eigenvalue weighted by atomic mass is 9.96. The summed E-state index contributed by atoms with van der Waals surface area (Å²) in [5.74, 6) is 1.68. The standard InChI is InChI=1S/C50H33N5/c1-5-17-34(18-6-1)38-29-39(35-19-7-2-8-20-35)31-40(30-38)48-52-49(54-50(53-48)55-46-27-15-13-25-42(46)43-26-14-16-28-47(43)55)41-32-44(36-21-9-3-10-22-36)51-45(33-41)37-23-11-4-12-24-37/h1-33H. The van der Waals surface area contributed by atoms with E-state index in [9.17, 15) is 0 Å². The van der Waals surface area contributed by atoms with Gasteiger partial charge in [0.1, 0.15) is 0 Å². The molecule has 0 saturated carbocycles. The Morgan fingerprint density at radius 2 is 0.636 bits per heavy atom. The Morgan fingerprint density at radius 1 is 0.273 bits per heavy atom. The van der Waals surface area contributed by atoms with E-state index in [0.717, 1.165) is 77.7 Å². The van der Waals surface area contributed by atoms with Gasteiger partial charge in [0.25, 0.3) is 0 Å². The summed E-state index contributed by atoms with van der Waals surface area (Å²) in [4.78, 5) is 21.1. The zero-order valence-electron chi connectivity index (χ0n) is 29.8. The van der Waals surface area contributed by atoms with E-state index >= 15 is 0 Å². The second kappa shape index (κ2) is 13.8. The Labute approximate surface area is 318 Å². The van der Waals surface area contributed by atoms with Crippen molar-refractivity contribution in [1.29, 1.82) is 0 Å². The van der Waals surface area contributed by atoms with Gasteiger partial charge >= 0.3 is 0 Å². The fourth-order valence-corrected chi connectivity index (χ4v) is 7.39. The summed E-state index contributed by atoms with van der Waals surface area (Å²) < 4.78 is 2.16. The first-order valence-electron chi connectivity index (χ1n) is 18.4. The topological polar surface area (TPSA) is 56.5 Å². The quantitative estimate of drug-likeness (QED) is 0.166. The molecule has 0 bridgehead atoms. The van der Waals surface area contributed by atoms with Crippen LogP contribution in [-0.4, -0.2) is 24.5 Å². The number of rotatable bonds is 7. The zero-order chi connectivity index (χ0) is 36.6. The van der Waals surface area contributed by atoms with Crippen LogP contribution in [0.3, 0.4) is 0 Å². The van der Waals surface area contributed by atoms with E-state index in [-0.39, 0.29) is 0 Å². The Balaban J connectivity index is 1.27. The maximum atomic E-state index is 5.33. The monoisotopic (exact) mass is 703 g/mol. The van der Waals surface area contributed by atoms with E-state index in [1.807, 2.05) is 48.5 Å². The lowest BCUT2D eigenvalue weighted by Crippen LogP contribution is -2.07. The summed E-state index contributed by atoms with van der Waals surface area (Å²) in [6, 6.07) is 69.2. The largest absolute Gasteiger partial charge is 0.278 e. The number of nitrogens with zero attached hydrogens (tertiary/aromatic N) is 5. The average Bonchev–Trinajstić information content (AvgIpc) is 3.61. The molecule has 0 atom stereocenters. The van der Waals surface area contributed by atoms with Crippen LogP contribution in [0, 0.1) is 0 Å². The van der Waals surface area contributed by atoms with Crippen molar-refractivity contribution in [2.24, 2.45) is 0 Å². The minimum Gasteiger partial charge on any atom is -0.278 e. The Kier molecular flexibility index (Phi) is 8.08. The second-order valence-corrected chi connectivity index (χ2v) is 13.5. The molecule has 0 fully saturated rings. The third-order valence-corrected chi connectivity index (χ3v) is 10.0. The molecule has 258 valence electrons. The number of para-hydroxylation sites is 2. The molecule has 0 radical (unpaired) electrons. The first kappa shape index (κ1) is 32.2. The van der Waals surface area contributed by atoms with Gasteiger partial charge in [-0.1, -0.05) is 158 Å². The second-order valence-electron chi connectivity index (χ2n) is 13.5. The Morgan fingerprint density at radius 3 is 1.09 bits per heavy atom. The summed E-state index contributed by atoms with van der Waals surface area (Å²) in [5.41, 5.74) is 11.9. The van der Waals surface area contributed by atoms with E-state index in [4.69, 9.17) is 19.9 Å². The molecule has 0 aliphatic carbocycles. The average molecular weight is 704 g/mol. The highest BCUT2D eigenvalue weighted by atomic mass is 15.2.